The molecule has 2 amide bonds. The largest absolute Gasteiger partial charge is 0.478 e. The van der Waals surface area contributed by atoms with Gasteiger partial charge in [0, 0.05) is 13.1 Å². The molecule has 7 nitrogen and oxygen atoms in total. The molecular weight excluding hydrogens is 338 g/mol. The molecule has 8 heteroatoms. The van der Waals surface area contributed by atoms with Crippen molar-refractivity contribution in [3.05, 3.63) is 10.8 Å². The van der Waals surface area contributed by atoms with Gasteiger partial charge in [-0.3, -0.25) is 10.9 Å². The standard InChI is InChI=1S/C13H20BrN5O2/c1-8-4-9(2)7-19(6-8)13(20)18-17-11-12(21-3)15-5-10(14)16-11/h5,8-9H,4,6-7H2,1-3H3,(H,16,17)(H,18,20). The summed E-state index contributed by atoms with van der Waals surface area (Å²) in [5.41, 5.74) is 5.41. The predicted molar refractivity (Wildman–Crippen MR) is 83.0 cm³/mol. The molecule has 0 spiro atoms. The number of carbonyl (C=O) groups excluding carboxylic acids is 1. The molecule has 1 aromatic rings. The Kier molecular flexibility index (Phi) is 5.22. The summed E-state index contributed by atoms with van der Waals surface area (Å²) < 4.78 is 5.65. The summed E-state index contributed by atoms with van der Waals surface area (Å²) in [5, 5.41) is 0. The van der Waals surface area contributed by atoms with Crippen LogP contribution in [0.1, 0.15) is 20.3 Å². The average molecular weight is 358 g/mol. The molecule has 2 atom stereocenters. The molecule has 1 saturated heterocycles. The topological polar surface area (TPSA) is 79.4 Å². The first-order chi connectivity index (χ1) is 9.99. The van der Waals surface area contributed by atoms with Crippen LogP contribution < -0.4 is 15.6 Å². The van der Waals surface area contributed by atoms with Crippen LogP contribution in [-0.2, 0) is 0 Å². The van der Waals surface area contributed by atoms with Gasteiger partial charge in [0.05, 0.1) is 13.3 Å². The predicted octanol–water partition coefficient (Wildman–Crippen LogP) is 2.26. The zero-order valence-electron chi connectivity index (χ0n) is 12.4. The van der Waals surface area contributed by atoms with Crippen LogP contribution in [0.3, 0.4) is 0 Å². The van der Waals surface area contributed by atoms with Gasteiger partial charge < -0.3 is 9.64 Å². The van der Waals surface area contributed by atoms with E-state index in [0.29, 0.717) is 28.1 Å². The minimum absolute atomic E-state index is 0.169. The number of nitrogens with zero attached hydrogens (tertiary/aromatic N) is 3. The molecule has 2 unspecified atom stereocenters. The number of halogens is 1. The lowest BCUT2D eigenvalue weighted by Gasteiger charge is -2.34. The van der Waals surface area contributed by atoms with Crippen molar-refractivity contribution < 1.29 is 9.53 Å². The number of anilines is 1. The second-order valence-corrected chi connectivity index (χ2v) is 6.27. The molecule has 0 radical (unpaired) electrons. The van der Waals surface area contributed by atoms with E-state index in [1.807, 2.05) is 4.90 Å². The van der Waals surface area contributed by atoms with E-state index < -0.39 is 0 Å². The average Bonchev–Trinajstić information content (AvgIpc) is 2.43. The van der Waals surface area contributed by atoms with Gasteiger partial charge in [0.25, 0.3) is 5.88 Å². The summed E-state index contributed by atoms with van der Waals surface area (Å²) >= 11 is 3.23. The summed E-state index contributed by atoms with van der Waals surface area (Å²) in [6, 6.07) is -0.169. The molecule has 2 heterocycles. The third kappa shape index (κ3) is 4.20. The van der Waals surface area contributed by atoms with E-state index in [1.165, 1.54) is 13.3 Å². The Balaban J connectivity index is 1.96. The Morgan fingerprint density at radius 1 is 1.43 bits per heavy atom. The molecule has 116 valence electrons. The highest BCUT2D eigenvalue weighted by molar-refractivity contribution is 9.10. The van der Waals surface area contributed by atoms with E-state index in [1.54, 1.807) is 0 Å². The van der Waals surface area contributed by atoms with Gasteiger partial charge in [0.15, 0.2) is 0 Å². The van der Waals surface area contributed by atoms with Crippen LogP contribution >= 0.6 is 15.9 Å². The lowest BCUT2D eigenvalue weighted by Crippen LogP contribution is -2.49. The number of aromatic nitrogens is 2. The van der Waals surface area contributed by atoms with E-state index in [2.05, 4.69) is 50.6 Å². The van der Waals surface area contributed by atoms with Crippen LogP contribution in [0.2, 0.25) is 0 Å². The molecule has 1 fully saturated rings. The molecule has 1 aromatic heterocycles. The monoisotopic (exact) mass is 357 g/mol. The van der Waals surface area contributed by atoms with Gasteiger partial charge in [-0.05, 0) is 34.2 Å². The molecule has 0 aromatic carbocycles. The van der Waals surface area contributed by atoms with Crippen molar-refractivity contribution >= 4 is 27.8 Å². The number of ether oxygens (including phenoxy) is 1. The highest BCUT2D eigenvalue weighted by Gasteiger charge is 2.25. The van der Waals surface area contributed by atoms with Crippen molar-refractivity contribution in [1.82, 2.24) is 20.3 Å². The van der Waals surface area contributed by atoms with Crippen molar-refractivity contribution in [3.63, 3.8) is 0 Å². The maximum Gasteiger partial charge on any atom is 0.336 e. The minimum Gasteiger partial charge on any atom is -0.478 e. The van der Waals surface area contributed by atoms with Crippen LogP contribution in [0.4, 0.5) is 10.6 Å². The quantitative estimate of drug-likeness (QED) is 0.811. The number of hydrogen-bond acceptors (Lipinski definition) is 5. The lowest BCUT2D eigenvalue weighted by molar-refractivity contribution is 0.147. The number of carbonyl (C=O) groups is 1. The van der Waals surface area contributed by atoms with Crippen molar-refractivity contribution in [2.45, 2.75) is 20.3 Å². The zero-order chi connectivity index (χ0) is 15.4. The fourth-order valence-corrected chi connectivity index (χ4v) is 2.89. The van der Waals surface area contributed by atoms with Crippen molar-refractivity contribution in [3.8, 4) is 5.88 Å². The molecular formula is C13H20BrN5O2. The zero-order valence-corrected chi connectivity index (χ0v) is 14.0. The van der Waals surface area contributed by atoms with E-state index in [-0.39, 0.29) is 6.03 Å². The van der Waals surface area contributed by atoms with Gasteiger partial charge in [0.1, 0.15) is 4.60 Å². The number of urea groups is 1. The van der Waals surface area contributed by atoms with Gasteiger partial charge in [-0.2, -0.15) is 0 Å². The van der Waals surface area contributed by atoms with E-state index in [9.17, 15) is 4.79 Å². The number of rotatable bonds is 3. The first-order valence-corrected chi connectivity index (χ1v) is 7.66. The number of nitrogens with one attached hydrogen (secondary N) is 2. The van der Waals surface area contributed by atoms with Crippen LogP contribution in [0.25, 0.3) is 0 Å². The van der Waals surface area contributed by atoms with E-state index in [4.69, 9.17) is 4.74 Å². The Morgan fingerprint density at radius 2 is 2.10 bits per heavy atom. The van der Waals surface area contributed by atoms with Crippen LogP contribution in [-0.4, -0.2) is 41.1 Å². The van der Waals surface area contributed by atoms with Crippen molar-refractivity contribution in [2.24, 2.45) is 11.8 Å². The van der Waals surface area contributed by atoms with Gasteiger partial charge in [-0.1, -0.05) is 13.8 Å². The third-order valence-corrected chi connectivity index (χ3v) is 3.73. The lowest BCUT2D eigenvalue weighted by atomic mass is 9.92. The molecule has 1 aliphatic heterocycles. The fraction of sp³-hybridized carbons (Fsp3) is 0.615. The number of hydrazine groups is 1. The van der Waals surface area contributed by atoms with E-state index >= 15 is 0 Å². The maximum atomic E-state index is 12.2. The van der Waals surface area contributed by atoms with Crippen LogP contribution in [0.5, 0.6) is 5.88 Å². The Labute approximate surface area is 132 Å². The second kappa shape index (κ2) is 6.93. The number of methoxy groups -OCH3 is 1. The summed E-state index contributed by atoms with van der Waals surface area (Å²) in [6.45, 7) is 5.84. The van der Waals surface area contributed by atoms with Crippen LogP contribution in [0, 0.1) is 11.8 Å². The number of likely N-dealkylation sites (tertiary alicyclic amines) is 1. The maximum absolute atomic E-state index is 12.2. The molecule has 21 heavy (non-hydrogen) atoms. The Hall–Kier alpha value is -1.57. The minimum atomic E-state index is -0.169. The highest BCUT2D eigenvalue weighted by atomic mass is 79.9. The van der Waals surface area contributed by atoms with Crippen molar-refractivity contribution in [1.29, 1.82) is 0 Å². The number of hydrogen-bond donors (Lipinski definition) is 2. The fourth-order valence-electron chi connectivity index (χ4n) is 2.61. The molecule has 0 saturated carbocycles. The van der Waals surface area contributed by atoms with Gasteiger partial charge >= 0.3 is 6.03 Å². The highest BCUT2D eigenvalue weighted by Crippen LogP contribution is 2.22. The smallest absolute Gasteiger partial charge is 0.336 e. The summed E-state index contributed by atoms with van der Waals surface area (Å²) in [5.74, 6) is 1.71. The number of piperidine rings is 1. The summed E-state index contributed by atoms with van der Waals surface area (Å²) in [4.78, 5) is 22.2. The normalized spacial score (nSPS) is 21.8. The Bertz CT molecular complexity index is 503. The first-order valence-electron chi connectivity index (χ1n) is 6.87. The van der Waals surface area contributed by atoms with Crippen LogP contribution in [0.15, 0.2) is 10.8 Å². The summed E-state index contributed by atoms with van der Waals surface area (Å²) in [6.07, 6.45) is 2.68. The summed E-state index contributed by atoms with van der Waals surface area (Å²) in [7, 11) is 1.50. The van der Waals surface area contributed by atoms with Crippen molar-refractivity contribution in [2.75, 3.05) is 25.6 Å². The van der Waals surface area contributed by atoms with Gasteiger partial charge in [-0.15, -0.1) is 0 Å². The third-order valence-electron chi connectivity index (χ3n) is 3.35. The molecule has 0 bridgehead atoms. The van der Waals surface area contributed by atoms with Gasteiger partial charge in [-0.25, -0.2) is 14.8 Å². The molecule has 1 aliphatic rings. The molecule has 2 N–H and O–H groups in total. The first kappa shape index (κ1) is 15.8. The second-order valence-electron chi connectivity index (χ2n) is 5.46. The molecule has 0 aliphatic carbocycles. The SMILES string of the molecule is COc1ncc(Br)nc1NNC(=O)N1CC(C)CC(C)C1. The van der Waals surface area contributed by atoms with E-state index in [0.717, 1.165) is 19.5 Å². The van der Waals surface area contributed by atoms with Gasteiger partial charge in [0.2, 0.25) is 5.82 Å². The Morgan fingerprint density at radius 3 is 2.71 bits per heavy atom. The number of amides is 2. The molecule has 2 rings (SSSR count).